The van der Waals surface area contributed by atoms with Crippen LogP contribution in [0.4, 0.5) is 0 Å². The summed E-state index contributed by atoms with van der Waals surface area (Å²) < 4.78 is 0. The van der Waals surface area contributed by atoms with Gasteiger partial charge in [-0.1, -0.05) is 20.8 Å². The maximum absolute atomic E-state index is 11.8. The van der Waals surface area contributed by atoms with Gasteiger partial charge < -0.3 is 10.4 Å². The third-order valence-corrected chi connectivity index (χ3v) is 2.21. The Morgan fingerprint density at radius 1 is 1.47 bits per heavy atom. The predicted octanol–water partition coefficient (Wildman–Crippen LogP) is 1.00. The average Bonchev–Trinajstić information content (AvgIpc) is 2.27. The van der Waals surface area contributed by atoms with Crippen molar-refractivity contribution in [1.82, 2.24) is 15.3 Å². The number of nitrogens with zero attached hydrogens (tertiary/aromatic N) is 2. The Bertz CT molecular complexity index is 360. The predicted molar refractivity (Wildman–Crippen MR) is 64.4 cm³/mol. The summed E-state index contributed by atoms with van der Waals surface area (Å²) in [4.78, 5) is 19.5. The van der Waals surface area contributed by atoms with Crippen molar-refractivity contribution in [2.75, 3.05) is 6.61 Å². The van der Waals surface area contributed by atoms with Gasteiger partial charge >= 0.3 is 0 Å². The highest BCUT2D eigenvalue weighted by atomic mass is 16.3. The van der Waals surface area contributed by atoms with E-state index in [1.54, 1.807) is 0 Å². The Morgan fingerprint density at radius 3 is 2.65 bits per heavy atom. The van der Waals surface area contributed by atoms with Crippen molar-refractivity contribution in [3.8, 4) is 0 Å². The topological polar surface area (TPSA) is 75.1 Å². The van der Waals surface area contributed by atoms with Crippen LogP contribution in [0.2, 0.25) is 0 Å². The second-order valence-electron chi connectivity index (χ2n) is 5.21. The molecule has 0 radical (unpaired) electrons. The smallest absolute Gasteiger partial charge is 0.271 e. The molecular formula is C12H19N3O2. The van der Waals surface area contributed by atoms with Crippen molar-refractivity contribution in [2.24, 2.45) is 5.41 Å². The Hall–Kier alpha value is -1.49. The highest BCUT2D eigenvalue weighted by molar-refractivity contribution is 5.92. The number of rotatable bonds is 4. The van der Waals surface area contributed by atoms with E-state index in [2.05, 4.69) is 36.1 Å². The number of carbonyl (C=O) groups excluding carboxylic acids is 1. The molecule has 1 unspecified atom stereocenters. The second kappa shape index (κ2) is 5.72. The van der Waals surface area contributed by atoms with Crippen LogP contribution in [0.5, 0.6) is 0 Å². The molecule has 1 amide bonds. The van der Waals surface area contributed by atoms with Crippen LogP contribution < -0.4 is 5.32 Å². The number of amides is 1. The molecule has 1 aromatic heterocycles. The zero-order valence-corrected chi connectivity index (χ0v) is 10.5. The molecule has 1 aromatic rings. The third-order valence-electron chi connectivity index (χ3n) is 2.21. The van der Waals surface area contributed by atoms with Crippen LogP contribution in [0.3, 0.4) is 0 Å². The number of hydrogen-bond acceptors (Lipinski definition) is 4. The first-order valence-electron chi connectivity index (χ1n) is 5.60. The van der Waals surface area contributed by atoms with Gasteiger partial charge in [0.05, 0.1) is 18.8 Å². The van der Waals surface area contributed by atoms with Crippen molar-refractivity contribution < 1.29 is 9.90 Å². The molecule has 0 fully saturated rings. The summed E-state index contributed by atoms with van der Waals surface area (Å²) in [6.45, 7) is 6.10. The fourth-order valence-corrected chi connectivity index (χ4v) is 1.58. The van der Waals surface area contributed by atoms with Crippen LogP contribution in [0.25, 0.3) is 0 Å². The molecule has 5 heteroatoms. The van der Waals surface area contributed by atoms with Gasteiger partial charge in [0.25, 0.3) is 5.91 Å². The largest absolute Gasteiger partial charge is 0.394 e. The van der Waals surface area contributed by atoms with Crippen LogP contribution in [-0.2, 0) is 0 Å². The summed E-state index contributed by atoms with van der Waals surface area (Å²) in [5.74, 6) is -0.304. The fourth-order valence-electron chi connectivity index (χ4n) is 1.58. The summed E-state index contributed by atoms with van der Waals surface area (Å²) in [5.41, 5.74) is 0.308. The Labute approximate surface area is 101 Å². The zero-order chi connectivity index (χ0) is 12.9. The van der Waals surface area contributed by atoms with Gasteiger partial charge in [0.1, 0.15) is 5.69 Å². The van der Waals surface area contributed by atoms with Crippen molar-refractivity contribution >= 4 is 5.91 Å². The molecule has 17 heavy (non-hydrogen) atoms. The molecule has 94 valence electrons. The lowest BCUT2D eigenvalue weighted by molar-refractivity contribution is 0.0892. The molecule has 1 rings (SSSR count). The highest BCUT2D eigenvalue weighted by Crippen LogP contribution is 2.20. The van der Waals surface area contributed by atoms with Crippen molar-refractivity contribution in [3.05, 3.63) is 24.3 Å². The van der Waals surface area contributed by atoms with E-state index in [1.807, 2.05) is 0 Å². The van der Waals surface area contributed by atoms with E-state index in [-0.39, 0.29) is 29.7 Å². The summed E-state index contributed by atoms with van der Waals surface area (Å²) in [6.07, 6.45) is 5.08. The number of aliphatic hydroxyl groups excluding tert-OH is 1. The van der Waals surface area contributed by atoms with E-state index in [1.165, 1.54) is 18.6 Å². The lowest BCUT2D eigenvalue weighted by atomic mass is 9.88. The molecule has 0 saturated carbocycles. The first-order valence-corrected chi connectivity index (χ1v) is 5.60. The number of aliphatic hydroxyl groups is 1. The quantitative estimate of drug-likeness (QED) is 0.819. The minimum Gasteiger partial charge on any atom is -0.394 e. The van der Waals surface area contributed by atoms with Gasteiger partial charge in [0.2, 0.25) is 0 Å². The Kier molecular flexibility index (Phi) is 4.57. The normalized spacial score (nSPS) is 13.2. The van der Waals surface area contributed by atoms with Crippen molar-refractivity contribution in [2.45, 2.75) is 33.2 Å². The highest BCUT2D eigenvalue weighted by Gasteiger charge is 2.20. The summed E-state index contributed by atoms with van der Waals surface area (Å²) in [5, 5.41) is 12.0. The minimum absolute atomic E-state index is 0.0447. The Balaban J connectivity index is 2.60. The van der Waals surface area contributed by atoms with E-state index in [0.717, 1.165) is 0 Å². The third kappa shape index (κ3) is 4.91. The van der Waals surface area contributed by atoms with E-state index in [0.29, 0.717) is 6.42 Å². The molecule has 2 N–H and O–H groups in total. The Morgan fingerprint density at radius 2 is 2.18 bits per heavy atom. The maximum Gasteiger partial charge on any atom is 0.271 e. The van der Waals surface area contributed by atoms with Gasteiger partial charge in [0.15, 0.2) is 0 Å². The van der Waals surface area contributed by atoms with E-state index < -0.39 is 0 Å². The lowest BCUT2D eigenvalue weighted by Crippen LogP contribution is -2.40. The summed E-state index contributed by atoms with van der Waals surface area (Å²) in [6, 6.07) is -0.260. The van der Waals surface area contributed by atoms with Crippen LogP contribution >= 0.6 is 0 Å². The number of aromatic nitrogens is 2. The average molecular weight is 237 g/mol. The molecule has 0 aliphatic heterocycles. The van der Waals surface area contributed by atoms with Crippen LogP contribution in [0.15, 0.2) is 18.6 Å². The van der Waals surface area contributed by atoms with Crippen molar-refractivity contribution in [1.29, 1.82) is 0 Å². The number of carbonyl (C=O) groups is 1. The zero-order valence-electron chi connectivity index (χ0n) is 10.5. The second-order valence-corrected chi connectivity index (χ2v) is 5.21. The molecule has 0 aliphatic rings. The van der Waals surface area contributed by atoms with Gasteiger partial charge in [-0.25, -0.2) is 4.98 Å². The minimum atomic E-state index is -0.304. The SMILES string of the molecule is CC(C)(C)CC(CO)NC(=O)c1cnccn1. The van der Waals surface area contributed by atoms with Crippen LogP contribution in [0, 0.1) is 5.41 Å². The van der Waals surface area contributed by atoms with Gasteiger partial charge in [-0.2, -0.15) is 0 Å². The number of nitrogens with one attached hydrogen (secondary N) is 1. The van der Waals surface area contributed by atoms with Crippen molar-refractivity contribution in [3.63, 3.8) is 0 Å². The molecule has 0 aromatic carbocycles. The lowest BCUT2D eigenvalue weighted by Gasteiger charge is -2.25. The maximum atomic E-state index is 11.8. The number of hydrogen-bond donors (Lipinski definition) is 2. The van der Waals surface area contributed by atoms with Gasteiger partial charge in [-0.15, -0.1) is 0 Å². The first-order chi connectivity index (χ1) is 7.92. The first kappa shape index (κ1) is 13.6. The monoisotopic (exact) mass is 237 g/mol. The molecule has 1 heterocycles. The molecule has 0 saturated heterocycles. The van der Waals surface area contributed by atoms with Crippen LogP contribution in [0.1, 0.15) is 37.7 Å². The molecule has 0 aliphatic carbocycles. The van der Waals surface area contributed by atoms with Gasteiger partial charge in [-0.05, 0) is 11.8 Å². The standard InChI is InChI=1S/C12H19N3O2/c1-12(2,3)6-9(8-16)15-11(17)10-7-13-4-5-14-10/h4-5,7,9,16H,6,8H2,1-3H3,(H,15,17). The molecule has 0 bridgehead atoms. The molecule has 0 spiro atoms. The van der Waals surface area contributed by atoms with E-state index in [4.69, 9.17) is 0 Å². The van der Waals surface area contributed by atoms with Gasteiger partial charge in [-0.3, -0.25) is 9.78 Å². The summed E-state index contributed by atoms with van der Waals surface area (Å²) >= 11 is 0. The van der Waals surface area contributed by atoms with E-state index in [9.17, 15) is 9.90 Å². The fraction of sp³-hybridized carbons (Fsp3) is 0.583. The molecular weight excluding hydrogens is 218 g/mol. The summed E-state index contributed by atoms with van der Waals surface area (Å²) in [7, 11) is 0. The van der Waals surface area contributed by atoms with Crippen LogP contribution in [-0.4, -0.2) is 33.6 Å². The van der Waals surface area contributed by atoms with Gasteiger partial charge in [0, 0.05) is 12.4 Å². The van der Waals surface area contributed by atoms with E-state index >= 15 is 0 Å². The molecule has 1 atom stereocenters. The molecule has 5 nitrogen and oxygen atoms in total.